The van der Waals surface area contributed by atoms with Crippen LogP contribution in [-0.4, -0.2) is 30.8 Å². The van der Waals surface area contributed by atoms with Gasteiger partial charge in [-0.3, -0.25) is 4.79 Å². The largest absolute Gasteiger partial charge is 0.494 e. The summed E-state index contributed by atoms with van der Waals surface area (Å²) in [7, 11) is 1.66. The molecular weight excluding hydrogens is 340 g/mol. The van der Waals surface area contributed by atoms with Gasteiger partial charge in [-0.1, -0.05) is 12.2 Å². The van der Waals surface area contributed by atoms with Gasteiger partial charge in [-0.15, -0.1) is 0 Å². The van der Waals surface area contributed by atoms with E-state index in [1.54, 1.807) is 7.11 Å². The maximum atomic E-state index is 12.9. The van der Waals surface area contributed by atoms with E-state index in [1.165, 1.54) is 16.5 Å². The average Bonchev–Trinajstić information content (AvgIpc) is 3.22. The topological polar surface area (TPSA) is 62.4 Å². The van der Waals surface area contributed by atoms with E-state index in [-0.39, 0.29) is 11.3 Å². The molecule has 1 N–H and O–H groups in total. The Balaban J connectivity index is 1.51. The van der Waals surface area contributed by atoms with Crippen LogP contribution >= 0.6 is 0 Å². The van der Waals surface area contributed by atoms with E-state index in [1.807, 2.05) is 17.2 Å². The Morgan fingerprint density at radius 2 is 2.22 bits per heavy atom. The Labute approximate surface area is 159 Å². The summed E-state index contributed by atoms with van der Waals surface area (Å²) in [5.74, 6) is 0.895. The average molecular weight is 366 g/mol. The van der Waals surface area contributed by atoms with Crippen LogP contribution in [0, 0.1) is 12.3 Å². The van der Waals surface area contributed by atoms with Gasteiger partial charge in [-0.25, -0.2) is 0 Å². The summed E-state index contributed by atoms with van der Waals surface area (Å²) in [5, 5.41) is 1.17. The lowest BCUT2D eigenvalue weighted by atomic mass is 9.64. The number of allylic oxidation sites excluding steroid dienone is 1. The van der Waals surface area contributed by atoms with Gasteiger partial charge in [-0.05, 0) is 50.2 Å². The van der Waals surface area contributed by atoms with Crippen molar-refractivity contribution in [3.63, 3.8) is 0 Å². The second kappa shape index (κ2) is 6.55. The third-order valence-corrected chi connectivity index (χ3v) is 6.12. The molecule has 1 aliphatic heterocycles. The Morgan fingerprint density at radius 1 is 1.44 bits per heavy atom. The third kappa shape index (κ3) is 2.85. The zero-order chi connectivity index (χ0) is 19.2. The number of aldehydes is 1. The van der Waals surface area contributed by atoms with Crippen molar-refractivity contribution >= 4 is 28.8 Å². The summed E-state index contributed by atoms with van der Waals surface area (Å²) in [6, 6.07) is 1.97. The minimum Gasteiger partial charge on any atom is -0.494 e. The smallest absolute Gasteiger partial charge is 0.226 e. The van der Waals surface area contributed by atoms with Gasteiger partial charge in [0.05, 0.1) is 18.3 Å². The summed E-state index contributed by atoms with van der Waals surface area (Å²) in [4.78, 5) is 29.5. The normalized spacial score (nSPS) is 17.7. The number of hydrogen-bond acceptors (Lipinski definition) is 3. The van der Waals surface area contributed by atoms with E-state index < -0.39 is 0 Å². The molecule has 1 aliphatic carbocycles. The van der Waals surface area contributed by atoms with Gasteiger partial charge in [0.1, 0.15) is 12.0 Å². The number of carbonyl (C=O) groups is 2. The number of amides is 1. The van der Waals surface area contributed by atoms with Crippen LogP contribution in [0.4, 0.5) is 5.69 Å². The Bertz CT molecular complexity index is 933. The molecule has 0 saturated heterocycles. The molecule has 2 aromatic rings. The van der Waals surface area contributed by atoms with Crippen molar-refractivity contribution in [1.29, 1.82) is 0 Å². The second-order valence-corrected chi connectivity index (χ2v) is 8.03. The summed E-state index contributed by atoms with van der Waals surface area (Å²) < 4.78 is 5.55. The van der Waals surface area contributed by atoms with Crippen LogP contribution in [0.5, 0.6) is 5.75 Å². The fourth-order valence-electron chi connectivity index (χ4n) is 4.76. The van der Waals surface area contributed by atoms with Gasteiger partial charge in [-0.2, -0.15) is 0 Å². The first-order valence-corrected chi connectivity index (χ1v) is 9.59. The van der Waals surface area contributed by atoms with Crippen molar-refractivity contribution in [2.45, 2.75) is 45.4 Å². The highest BCUT2D eigenvalue weighted by molar-refractivity contribution is 6.03. The number of fused-ring (bicyclic) bond motifs is 3. The van der Waals surface area contributed by atoms with E-state index in [9.17, 15) is 9.59 Å². The molecule has 5 heteroatoms. The standard InChI is InChI=1S/C22H26N2O3/c1-14-10-22(11-14,13-25)7-4-5-19(26)24-8-6-16-17(24)9-18(27-3)21-20(16)15(2)12-23-21/h9,12-13,23H,1,4-8,10-11H2,2-3H3. The van der Waals surface area contributed by atoms with Crippen LogP contribution in [0.15, 0.2) is 24.4 Å². The molecule has 1 aromatic carbocycles. The van der Waals surface area contributed by atoms with E-state index in [4.69, 9.17) is 4.74 Å². The highest BCUT2D eigenvalue weighted by atomic mass is 16.5. The van der Waals surface area contributed by atoms with Gasteiger partial charge >= 0.3 is 0 Å². The second-order valence-electron chi connectivity index (χ2n) is 8.03. The molecule has 2 heterocycles. The minimum absolute atomic E-state index is 0.127. The third-order valence-electron chi connectivity index (χ3n) is 6.12. The number of benzene rings is 1. The number of aryl methyl sites for hydroxylation is 1. The maximum Gasteiger partial charge on any atom is 0.226 e. The number of nitrogens with zero attached hydrogens (tertiary/aromatic N) is 1. The van der Waals surface area contributed by atoms with Gasteiger partial charge in [0, 0.05) is 36.0 Å². The van der Waals surface area contributed by atoms with Gasteiger partial charge in [0.15, 0.2) is 0 Å². The van der Waals surface area contributed by atoms with Crippen molar-refractivity contribution in [2.24, 2.45) is 5.41 Å². The minimum atomic E-state index is -0.266. The molecule has 1 fully saturated rings. The van der Waals surface area contributed by atoms with E-state index in [0.29, 0.717) is 13.0 Å². The number of H-pyrrole nitrogens is 1. The van der Waals surface area contributed by atoms with E-state index >= 15 is 0 Å². The maximum absolute atomic E-state index is 12.9. The lowest BCUT2D eigenvalue weighted by Gasteiger charge is -2.38. The number of methoxy groups -OCH3 is 1. The van der Waals surface area contributed by atoms with Crippen molar-refractivity contribution in [1.82, 2.24) is 4.98 Å². The molecule has 5 nitrogen and oxygen atoms in total. The Kier molecular flexibility index (Phi) is 4.33. The molecule has 0 radical (unpaired) electrons. The van der Waals surface area contributed by atoms with Crippen molar-refractivity contribution in [3.8, 4) is 5.75 Å². The molecule has 27 heavy (non-hydrogen) atoms. The molecule has 2 aliphatic rings. The number of anilines is 1. The van der Waals surface area contributed by atoms with Crippen LogP contribution in [0.25, 0.3) is 10.9 Å². The quantitative estimate of drug-likeness (QED) is 0.619. The first-order valence-electron chi connectivity index (χ1n) is 9.59. The highest BCUT2D eigenvalue weighted by Gasteiger charge is 2.39. The molecule has 142 valence electrons. The van der Waals surface area contributed by atoms with Crippen molar-refractivity contribution in [2.75, 3.05) is 18.6 Å². The Morgan fingerprint density at radius 3 is 2.89 bits per heavy atom. The summed E-state index contributed by atoms with van der Waals surface area (Å²) >= 11 is 0. The first kappa shape index (κ1) is 17.8. The molecule has 1 aromatic heterocycles. The van der Waals surface area contributed by atoms with E-state index in [2.05, 4.69) is 18.5 Å². The molecular formula is C22H26N2O3. The number of aromatic nitrogens is 1. The van der Waals surface area contributed by atoms with Gasteiger partial charge in [0.25, 0.3) is 0 Å². The molecule has 0 bridgehead atoms. The van der Waals surface area contributed by atoms with Crippen molar-refractivity contribution in [3.05, 3.63) is 35.5 Å². The van der Waals surface area contributed by atoms with Crippen LogP contribution in [0.1, 0.15) is 43.2 Å². The molecule has 0 atom stereocenters. The zero-order valence-electron chi connectivity index (χ0n) is 16.1. The number of rotatable bonds is 6. The monoisotopic (exact) mass is 366 g/mol. The lowest BCUT2D eigenvalue weighted by molar-refractivity contribution is -0.121. The fourth-order valence-corrected chi connectivity index (χ4v) is 4.76. The summed E-state index contributed by atoms with van der Waals surface area (Å²) in [6.45, 7) is 6.71. The SMILES string of the molecule is C=C1CC(C=O)(CCCC(=O)N2CCc3c2cc(OC)c2[nH]cc(C)c32)C1. The van der Waals surface area contributed by atoms with Gasteiger partial charge in [0.2, 0.25) is 5.91 Å². The highest BCUT2D eigenvalue weighted by Crippen LogP contribution is 2.46. The lowest BCUT2D eigenvalue weighted by Crippen LogP contribution is -2.33. The van der Waals surface area contributed by atoms with Crippen LogP contribution in [0.2, 0.25) is 0 Å². The molecule has 4 rings (SSSR count). The molecule has 0 unspecified atom stereocenters. The number of carbonyl (C=O) groups excluding carboxylic acids is 2. The number of aromatic amines is 1. The van der Waals surface area contributed by atoms with Crippen LogP contribution < -0.4 is 9.64 Å². The molecule has 1 saturated carbocycles. The van der Waals surface area contributed by atoms with Crippen LogP contribution in [0.3, 0.4) is 0 Å². The summed E-state index contributed by atoms with van der Waals surface area (Å²) in [5.41, 5.74) is 5.23. The first-order chi connectivity index (χ1) is 13.0. The van der Waals surface area contributed by atoms with Crippen LogP contribution in [-0.2, 0) is 16.0 Å². The number of hydrogen-bond donors (Lipinski definition) is 1. The zero-order valence-corrected chi connectivity index (χ0v) is 16.1. The van der Waals surface area contributed by atoms with Gasteiger partial charge < -0.3 is 19.4 Å². The van der Waals surface area contributed by atoms with Crippen molar-refractivity contribution < 1.29 is 14.3 Å². The fraction of sp³-hybridized carbons (Fsp3) is 0.455. The van der Waals surface area contributed by atoms with E-state index in [0.717, 1.165) is 60.9 Å². The Hall–Kier alpha value is -2.56. The molecule has 1 amide bonds. The number of ether oxygens (including phenoxy) is 1. The predicted octanol–water partition coefficient (Wildman–Crippen LogP) is 4.08. The summed E-state index contributed by atoms with van der Waals surface area (Å²) in [6.07, 6.45) is 7.43. The predicted molar refractivity (Wildman–Crippen MR) is 106 cm³/mol. The number of nitrogens with one attached hydrogen (secondary N) is 1. The molecule has 0 spiro atoms.